The van der Waals surface area contributed by atoms with Crippen LogP contribution in [0.4, 0.5) is 5.69 Å². The van der Waals surface area contributed by atoms with E-state index < -0.39 is 0 Å². The number of carbonyl (C=O) groups excluding carboxylic acids is 1. The minimum absolute atomic E-state index is 0.0325. The lowest BCUT2D eigenvalue weighted by molar-refractivity contribution is 0.0953. The smallest absolute Gasteiger partial charge is 0.254 e. The molecule has 18 heavy (non-hydrogen) atoms. The summed E-state index contributed by atoms with van der Waals surface area (Å²) < 4.78 is 0. The van der Waals surface area contributed by atoms with Crippen LogP contribution in [0.3, 0.4) is 0 Å². The van der Waals surface area contributed by atoms with E-state index in [9.17, 15) is 4.79 Å². The fourth-order valence-corrected chi connectivity index (χ4v) is 2.01. The lowest BCUT2D eigenvalue weighted by Gasteiger charge is -2.10. The zero-order valence-electron chi connectivity index (χ0n) is 10.9. The van der Waals surface area contributed by atoms with Crippen LogP contribution >= 0.6 is 0 Å². The van der Waals surface area contributed by atoms with E-state index in [1.807, 2.05) is 13.0 Å². The third kappa shape index (κ3) is 3.72. The molecule has 4 nitrogen and oxygen atoms in total. The van der Waals surface area contributed by atoms with Crippen molar-refractivity contribution < 1.29 is 4.79 Å². The van der Waals surface area contributed by atoms with Crippen molar-refractivity contribution in [3.63, 3.8) is 0 Å². The zero-order chi connectivity index (χ0) is 12.8. The van der Waals surface area contributed by atoms with E-state index in [1.165, 1.54) is 19.3 Å². The molecule has 1 aromatic rings. The Morgan fingerprint density at radius 1 is 1.50 bits per heavy atom. The minimum Gasteiger partial charge on any atom is -0.385 e. The van der Waals surface area contributed by atoms with Crippen molar-refractivity contribution in [3.05, 3.63) is 24.0 Å². The molecule has 0 aliphatic heterocycles. The second kappa shape index (κ2) is 6.38. The second-order valence-electron chi connectivity index (χ2n) is 4.79. The van der Waals surface area contributed by atoms with Crippen molar-refractivity contribution >= 4 is 11.6 Å². The second-order valence-corrected chi connectivity index (χ2v) is 4.79. The maximum atomic E-state index is 12.0. The fraction of sp³-hybridized carbons (Fsp3) is 0.571. The van der Waals surface area contributed by atoms with Crippen molar-refractivity contribution in [2.45, 2.75) is 32.6 Å². The maximum Gasteiger partial charge on any atom is 0.254 e. The van der Waals surface area contributed by atoms with E-state index in [0.29, 0.717) is 5.56 Å². The Bertz CT molecular complexity index is 402. The zero-order valence-corrected chi connectivity index (χ0v) is 10.9. The molecule has 1 aromatic heterocycles. The Hall–Kier alpha value is -1.58. The molecule has 0 saturated heterocycles. The van der Waals surface area contributed by atoms with Crippen molar-refractivity contribution in [1.29, 1.82) is 0 Å². The molecule has 0 atom stereocenters. The highest BCUT2D eigenvalue weighted by molar-refractivity contribution is 5.99. The van der Waals surface area contributed by atoms with Gasteiger partial charge < -0.3 is 10.6 Å². The molecule has 2 N–H and O–H groups in total. The normalized spacial score (nSPS) is 14.3. The summed E-state index contributed by atoms with van der Waals surface area (Å²) in [4.78, 5) is 16.0. The van der Waals surface area contributed by atoms with Crippen LogP contribution in [0, 0.1) is 5.92 Å². The van der Waals surface area contributed by atoms with Crippen molar-refractivity contribution in [2.75, 3.05) is 18.4 Å². The first-order valence-electron chi connectivity index (χ1n) is 6.77. The van der Waals surface area contributed by atoms with E-state index in [-0.39, 0.29) is 5.91 Å². The summed E-state index contributed by atoms with van der Waals surface area (Å²) in [6.45, 7) is 3.57. The molecule has 1 aliphatic carbocycles. The molecule has 98 valence electrons. The van der Waals surface area contributed by atoms with Crippen LogP contribution in [0.1, 0.15) is 43.0 Å². The summed E-state index contributed by atoms with van der Waals surface area (Å²) in [7, 11) is 0. The first-order chi connectivity index (χ1) is 8.81. The van der Waals surface area contributed by atoms with Crippen LogP contribution in [-0.4, -0.2) is 24.0 Å². The van der Waals surface area contributed by atoms with Gasteiger partial charge in [-0.05, 0) is 31.7 Å². The van der Waals surface area contributed by atoms with Gasteiger partial charge >= 0.3 is 0 Å². The molecule has 0 aromatic carbocycles. The summed E-state index contributed by atoms with van der Waals surface area (Å²) in [6, 6.07) is 1.84. The number of hydrogen-bond donors (Lipinski definition) is 2. The molecular formula is C14H21N3O. The molecule has 1 aliphatic rings. The molecule has 0 spiro atoms. The summed E-state index contributed by atoms with van der Waals surface area (Å²) in [5.41, 5.74) is 1.48. The number of anilines is 1. The molecule has 1 fully saturated rings. The molecular weight excluding hydrogens is 226 g/mol. The molecule has 1 amide bonds. The maximum absolute atomic E-state index is 12.0. The van der Waals surface area contributed by atoms with Crippen LogP contribution in [0.15, 0.2) is 18.5 Å². The number of nitrogens with one attached hydrogen (secondary N) is 2. The Morgan fingerprint density at radius 2 is 2.33 bits per heavy atom. The highest BCUT2D eigenvalue weighted by Gasteiger charge is 2.20. The van der Waals surface area contributed by atoms with Gasteiger partial charge in [0, 0.05) is 25.5 Å². The van der Waals surface area contributed by atoms with Crippen LogP contribution in [0.5, 0.6) is 0 Å². The highest BCUT2D eigenvalue weighted by atomic mass is 16.1. The summed E-state index contributed by atoms with van der Waals surface area (Å²) in [5, 5.41) is 6.14. The topological polar surface area (TPSA) is 54.0 Å². The van der Waals surface area contributed by atoms with Gasteiger partial charge in [-0.15, -0.1) is 0 Å². The molecule has 2 rings (SSSR count). The van der Waals surface area contributed by atoms with Crippen LogP contribution in [0.25, 0.3) is 0 Å². The minimum atomic E-state index is -0.0325. The van der Waals surface area contributed by atoms with E-state index in [2.05, 4.69) is 15.6 Å². The molecule has 1 heterocycles. The number of hydrogen-bond acceptors (Lipinski definition) is 3. The van der Waals surface area contributed by atoms with E-state index in [1.54, 1.807) is 12.4 Å². The fourth-order valence-electron chi connectivity index (χ4n) is 2.01. The Labute approximate surface area is 108 Å². The number of aromatic nitrogens is 1. The summed E-state index contributed by atoms with van der Waals surface area (Å²) in [6.07, 6.45) is 8.39. The number of amides is 1. The predicted molar refractivity (Wildman–Crippen MR) is 72.7 cm³/mol. The standard InChI is InChI=1S/C14H21N3O/c1-2-16-13-7-9-15-10-12(13)14(18)17-8-3-4-11-5-6-11/h7,9-11H,2-6,8H2,1H3,(H,15,16)(H,17,18). The van der Waals surface area contributed by atoms with Crippen molar-refractivity contribution in [1.82, 2.24) is 10.3 Å². The molecule has 1 saturated carbocycles. The largest absolute Gasteiger partial charge is 0.385 e. The first-order valence-corrected chi connectivity index (χ1v) is 6.77. The number of rotatable bonds is 7. The Morgan fingerprint density at radius 3 is 3.06 bits per heavy atom. The number of pyridine rings is 1. The van der Waals surface area contributed by atoms with Gasteiger partial charge in [0.05, 0.1) is 11.3 Å². The molecule has 4 heteroatoms. The van der Waals surface area contributed by atoms with Gasteiger partial charge in [-0.2, -0.15) is 0 Å². The van der Waals surface area contributed by atoms with Crippen molar-refractivity contribution in [2.24, 2.45) is 5.92 Å². The molecule has 0 unspecified atom stereocenters. The Kier molecular flexibility index (Phi) is 4.56. The highest BCUT2D eigenvalue weighted by Crippen LogP contribution is 2.33. The molecule has 0 bridgehead atoms. The number of nitrogens with zero attached hydrogens (tertiary/aromatic N) is 1. The van der Waals surface area contributed by atoms with Gasteiger partial charge in [0.25, 0.3) is 5.91 Å². The monoisotopic (exact) mass is 247 g/mol. The Balaban J connectivity index is 1.82. The quantitative estimate of drug-likeness (QED) is 0.728. The van der Waals surface area contributed by atoms with Gasteiger partial charge in [0.15, 0.2) is 0 Å². The van der Waals surface area contributed by atoms with Gasteiger partial charge in [-0.1, -0.05) is 12.8 Å². The summed E-state index contributed by atoms with van der Waals surface area (Å²) >= 11 is 0. The average molecular weight is 247 g/mol. The number of carbonyl (C=O) groups is 1. The van der Waals surface area contributed by atoms with Crippen molar-refractivity contribution in [3.8, 4) is 0 Å². The summed E-state index contributed by atoms with van der Waals surface area (Å²) in [5.74, 6) is 0.896. The van der Waals surface area contributed by atoms with E-state index in [0.717, 1.165) is 31.1 Å². The first kappa shape index (κ1) is 12.9. The third-order valence-electron chi connectivity index (χ3n) is 3.20. The van der Waals surface area contributed by atoms with Crippen LogP contribution in [-0.2, 0) is 0 Å². The van der Waals surface area contributed by atoms with Gasteiger partial charge in [-0.25, -0.2) is 0 Å². The SMILES string of the molecule is CCNc1ccncc1C(=O)NCCCC1CC1. The lowest BCUT2D eigenvalue weighted by atomic mass is 10.2. The van der Waals surface area contributed by atoms with Gasteiger partial charge in [0.1, 0.15) is 0 Å². The third-order valence-corrected chi connectivity index (χ3v) is 3.20. The van der Waals surface area contributed by atoms with Gasteiger partial charge in [0.2, 0.25) is 0 Å². The molecule has 0 radical (unpaired) electrons. The van der Waals surface area contributed by atoms with Gasteiger partial charge in [-0.3, -0.25) is 9.78 Å². The lowest BCUT2D eigenvalue weighted by Crippen LogP contribution is -2.25. The predicted octanol–water partition coefficient (Wildman–Crippen LogP) is 2.43. The average Bonchev–Trinajstić information content (AvgIpc) is 3.19. The van der Waals surface area contributed by atoms with Crippen LogP contribution < -0.4 is 10.6 Å². The van der Waals surface area contributed by atoms with Crippen LogP contribution in [0.2, 0.25) is 0 Å². The van der Waals surface area contributed by atoms with E-state index in [4.69, 9.17) is 0 Å². The van der Waals surface area contributed by atoms with E-state index >= 15 is 0 Å².